The highest BCUT2D eigenvalue weighted by molar-refractivity contribution is 5.14. The van der Waals surface area contributed by atoms with Crippen LogP contribution in [0.1, 0.15) is 18.0 Å². The van der Waals surface area contributed by atoms with Crippen LogP contribution >= 0.6 is 0 Å². The molecule has 0 amide bonds. The first kappa shape index (κ1) is 10.7. The number of hydrogen-bond acceptors (Lipinski definition) is 2. The van der Waals surface area contributed by atoms with Crippen molar-refractivity contribution in [3.8, 4) is 0 Å². The average molecular weight is 188 g/mol. The quantitative estimate of drug-likeness (QED) is 0.694. The molecule has 0 saturated heterocycles. The zero-order chi connectivity index (χ0) is 10.2. The van der Waals surface area contributed by atoms with Gasteiger partial charge in [0.05, 0.1) is 0 Å². The molecule has 1 N–H and O–H groups in total. The van der Waals surface area contributed by atoms with E-state index in [9.17, 15) is 0 Å². The van der Waals surface area contributed by atoms with Gasteiger partial charge in [0.1, 0.15) is 0 Å². The highest BCUT2D eigenvalue weighted by atomic mass is 14.9. The first-order chi connectivity index (χ1) is 6.88. The first-order valence-corrected chi connectivity index (χ1v) is 4.73. The van der Waals surface area contributed by atoms with Gasteiger partial charge >= 0.3 is 0 Å². The second kappa shape index (κ2) is 6.11. The Morgan fingerprint density at radius 1 is 1.43 bits per heavy atom. The van der Waals surface area contributed by atoms with Crippen LogP contribution in [0.3, 0.4) is 0 Å². The van der Waals surface area contributed by atoms with Gasteiger partial charge in [0, 0.05) is 25.0 Å². The average Bonchev–Trinajstić information content (AvgIpc) is 2.25. The molecule has 0 saturated carbocycles. The maximum Gasteiger partial charge on any atom is 0.0372 e. The number of pyridine rings is 1. The smallest absolute Gasteiger partial charge is 0.0372 e. The van der Waals surface area contributed by atoms with E-state index in [4.69, 9.17) is 0 Å². The third kappa shape index (κ3) is 3.15. The van der Waals surface area contributed by atoms with E-state index < -0.39 is 0 Å². The second-order valence-corrected chi connectivity index (χ2v) is 3.06. The minimum absolute atomic E-state index is 0.291. The molecular formula is C12H16N2. The predicted molar refractivity (Wildman–Crippen MR) is 60.0 cm³/mol. The maximum absolute atomic E-state index is 4.10. The van der Waals surface area contributed by atoms with Crippen molar-refractivity contribution in [3.63, 3.8) is 0 Å². The minimum atomic E-state index is 0.291. The molecule has 1 rings (SSSR count). The zero-order valence-electron chi connectivity index (χ0n) is 8.32. The van der Waals surface area contributed by atoms with Crippen LogP contribution in [0.4, 0.5) is 0 Å². The molecule has 0 aliphatic rings. The summed E-state index contributed by atoms with van der Waals surface area (Å²) in [5.41, 5.74) is 1.19. The summed E-state index contributed by atoms with van der Waals surface area (Å²) in [7, 11) is 0. The number of aromatic nitrogens is 1. The van der Waals surface area contributed by atoms with Gasteiger partial charge < -0.3 is 5.32 Å². The molecule has 14 heavy (non-hydrogen) atoms. The molecule has 0 bridgehead atoms. The van der Waals surface area contributed by atoms with Crippen LogP contribution in [0.5, 0.6) is 0 Å². The maximum atomic E-state index is 4.10. The number of rotatable bonds is 6. The van der Waals surface area contributed by atoms with Gasteiger partial charge in [-0.2, -0.15) is 0 Å². The third-order valence-corrected chi connectivity index (χ3v) is 2.00. The number of nitrogens with one attached hydrogen (secondary N) is 1. The Morgan fingerprint density at radius 2 is 2.29 bits per heavy atom. The van der Waals surface area contributed by atoms with Gasteiger partial charge in [-0.25, -0.2) is 0 Å². The fourth-order valence-corrected chi connectivity index (χ4v) is 1.31. The Balaban J connectivity index is 2.66. The van der Waals surface area contributed by atoms with Crippen molar-refractivity contribution < 1.29 is 0 Å². The van der Waals surface area contributed by atoms with E-state index >= 15 is 0 Å². The summed E-state index contributed by atoms with van der Waals surface area (Å²) in [6.45, 7) is 8.23. The third-order valence-electron chi connectivity index (χ3n) is 2.00. The zero-order valence-corrected chi connectivity index (χ0v) is 8.32. The molecular weight excluding hydrogens is 172 g/mol. The highest BCUT2D eigenvalue weighted by Crippen LogP contribution is 2.15. The lowest BCUT2D eigenvalue weighted by atomic mass is 10.1. The van der Waals surface area contributed by atoms with Gasteiger partial charge in [-0.05, 0) is 18.1 Å². The molecule has 2 heteroatoms. The van der Waals surface area contributed by atoms with Gasteiger partial charge in [-0.3, -0.25) is 4.98 Å². The summed E-state index contributed by atoms with van der Waals surface area (Å²) in [5.74, 6) is 0. The van der Waals surface area contributed by atoms with E-state index in [0.29, 0.717) is 6.04 Å². The standard InChI is InChI=1S/C12H16N2/c1-3-6-12(14-8-4-2)11-7-5-9-13-10-11/h3-5,7,9-10,12,14H,1-2,6,8H2/t12-/m1/s1. The van der Waals surface area contributed by atoms with E-state index in [0.717, 1.165) is 13.0 Å². The fourth-order valence-electron chi connectivity index (χ4n) is 1.31. The topological polar surface area (TPSA) is 24.9 Å². The van der Waals surface area contributed by atoms with Crippen molar-refractivity contribution >= 4 is 0 Å². The minimum Gasteiger partial charge on any atom is -0.306 e. The van der Waals surface area contributed by atoms with Crippen molar-refractivity contribution in [3.05, 3.63) is 55.4 Å². The molecule has 1 aromatic rings. The Labute approximate surface area is 85.4 Å². The largest absolute Gasteiger partial charge is 0.306 e. The normalized spacial score (nSPS) is 12.0. The van der Waals surface area contributed by atoms with Gasteiger partial charge in [0.2, 0.25) is 0 Å². The molecule has 0 aliphatic carbocycles. The van der Waals surface area contributed by atoms with Crippen LogP contribution in [0, 0.1) is 0 Å². The van der Waals surface area contributed by atoms with E-state index in [1.54, 1.807) is 6.20 Å². The van der Waals surface area contributed by atoms with E-state index in [1.165, 1.54) is 5.56 Å². The SMILES string of the molecule is C=CCN[C@H](CC=C)c1cccnc1. The molecule has 0 aliphatic heterocycles. The Kier molecular flexibility index (Phi) is 4.65. The molecule has 0 unspecified atom stereocenters. The number of hydrogen-bond donors (Lipinski definition) is 1. The molecule has 0 aromatic carbocycles. The fraction of sp³-hybridized carbons (Fsp3) is 0.250. The molecule has 1 heterocycles. The molecule has 0 spiro atoms. The van der Waals surface area contributed by atoms with Gasteiger partial charge in [0.15, 0.2) is 0 Å². The van der Waals surface area contributed by atoms with Crippen LogP contribution in [-0.2, 0) is 0 Å². The van der Waals surface area contributed by atoms with Gasteiger partial charge in [-0.1, -0.05) is 18.2 Å². The summed E-state index contributed by atoms with van der Waals surface area (Å²) in [5, 5.41) is 3.36. The van der Waals surface area contributed by atoms with Crippen LogP contribution < -0.4 is 5.32 Å². The lowest BCUT2D eigenvalue weighted by Gasteiger charge is -2.15. The number of nitrogens with zero attached hydrogens (tertiary/aromatic N) is 1. The summed E-state index contributed by atoms with van der Waals surface area (Å²) < 4.78 is 0. The van der Waals surface area contributed by atoms with Crippen LogP contribution in [0.2, 0.25) is 0 Å². The summed E-state index contributed by atoms with van der Waals surface area (Å²) in [6, 6.07) is 4.30. The Hall–Kier alpha value is -1.41. The molecule has 0 radical (unpaired) electrons. The monoisotopic (exact) mass is 188 g/mol. The Bertz CT molecular complexity index is 280. The molecule has 1 aromatic heterocycles. The summed E-state index contributed by atoms with van der Waals surface area (Å²) in [4.78, 5) is 4.10. The van der Waals surface area contributed by atoms with Crippen molar-refractivity contribution in [1.29, 1.82) is 0 Å². The summed E-state index contributed by atoms with van der Waals surface area (Å²) in [6.07, 6.45) is 8.33. The van der Waals surface area contributed by atoms with Crippen molar-refractivity contribution in [2.24, 2.45) is 0 Å². The lowest BCUT2D eigenvalue weighted by Crippen LogP contribution is -2.20. The van der Waals surface area contributed by atoms with E-state index in [-0.39, 0.29) is 0 Å². The van der Waals surface area contributed by atoms with Crippen molar-refractivity contribution in [1.82, 2.24) is 10.3 Å². The van der Waals surface area contributed by atoms with Crippen molar-refractivity contribution in [2.75, 3.05) is 6.54 Å². The summed E-state index contributed by atoms with van der Waals surface area (Å²) >= 11 is 0. The van der Waals surface area contributed by atoms with Crippen LogP contribution in [0.15, 0.2) is 49.8 Å². The molecule has 0 fully saturated rings. The Morgan fingerprint density at radius 3 is 2.86 bits per heavy atom. The van der Waals surface area contributed by atoms with Gasteiger partial charge in [-0.15, -0.1) is 13.2 Å². The van der Waals surface area contributed by atoms with Crippen molar-refractivity contribution in [2.45, 2.75) is 12.5 Å². The first-order valence-electron chi connectivity index (χ1n) is 4.73. The molecule has 2 nitrogen and oxygen atoms in total. The second-order valence-electron chi connectivity index (χ2n) is 3.06. The van der Waals surface area contributed by atoms with Crippen LogP contribution in [-0.4, -0.2) is 11.5 Å². The van der Waals surface area contributed by atoms with Crippen LogP contribution in [0.25, 0.3) is 0 Å². The highest BCUT2D eigenvalue weighted by Gasteiger charge is 2.07. The lowest BCUT2D eigenvalue weighted by molar-refractivity contribution is 0.573. The van der Waals surface area contributed by atoms with E-state index in [2.05, 4.69) is 29.5 Å². The molecule has 1 atom stereocenters. The predicted octanol–water partition coefficient (Wildman–Crippen LogP) is 2.47. The van der Waals surface area contributed by atoms with E-state index in [1.807, 2.05) is 24.4 Å². The molecule has 74 valence electrons. The van der Waals surface area contributed by atoms with Gasteiger partial charge in [0.25, 0.3) is 0 Å².